The fraction of sp³-hybridized carbons (Fsp3) is 0.357. The number of methoxy groups -OCH3 is 2. The number of rotatable bonds is 5. The highest BCUT2D eigenvalue weighted by atomic mass is 16.5. The molecule has 0 fully saturated rings. The highest BCUT2D eigenvalue weighted by molar-refractivity contribution is 5.32. The summed E-state index contributed by atoms with van der Waals surface area (Å²) < 4.78 is 12.2. The lowest BCUT2D eigenvalue weighted by Crippen LogP contribution is -2.18. The van der Waals surface area contributed by atoms with E-state index in [1.165, 1.54) is 0 Å². The number of hydrogen-bond donors (Lipinski definition) is 1. The maximum Gasteiger partial charge on any atom is 0.161 e. The maximum atomic E-state index is 6.26. The third-order valence-corrected chi connectivity index (χ3v) is 3.11. The van der Waals surface area contributed by atoms with E-state index in [4.69, 9.17) is 15.2 Å². The van der Waals surface area contributed by atoms with Crippen LogP contribution in [0.1, 0.15) is 17.3 Å². The average Bonchev–Trinajstić information content (AvgIpc) is 2.80. The Morgan fingerprint density at radius 1 is 1.32 bits per heavy atom. The molecule has 0 aliphatic heterocycles. The SMILES string of the molecule is COc1cccc(CC(N)c2c(OC)cnn2C)c1. The van der Waals surface area contributed by atoms with Crippen molar-refractivity contribution in [1.29, 1.82) is 0 Å². The first-order chi connectivity index (χ1) is 9.15. The van der Waals surface area contributed by atoms with Crippen LogP contribution in [-0.2, 0) is 13.5 Å². The molecular formula is C14H19N3O2. The van der Waals surface area contributed by atoms with Crippen molar-refractivity contribution in [2.24, 2.45) is 12.8 Å². The standard InChI is InChI=1S/C14H19N3O2/c1-17-14(13(19-3)9-16-17)12(15)8-10-5-4-6-11(7-10)18-2/h4-7,9,12H,8,15H2,1-3H3. The Morgan fingerprint density at radius 2 is 2.11 bits per heavy atom. The van der Waals surface area contributed by atoms with Gasteiger partial charge in [0.1, 0.15) is 5.75 Å². The smallest absolute Gasteiger partial charge is 0.161 e. The number of nitrogens with zero attached hydrogens (tertiary/aromatic N) is 2. The largest absolute Gasteiger partial charge is 0.497 e. The Kier molecular flexibility index (Phi) is 4.06. The summed E-state index contributed by atoms with van der Waals surface area (Å²) in [6.07, 6.45) is 2.38. The second kappa shape index (κ2) is 5.75. The van der Waals surface area contributed by atoms with Crippen LogP contribution in [0.2, 0.25) is 0 Å². The molecule has 0 saturated carbocycles. The van der Waals surface area contributed by atoms with Gasteiger partial charge >= 0.3 is 0 Å². The van der Waals surface area contributed by atoms with Crippen molar-refractivity contribution in [3.8, 4) is 11.5 Å². The zero-order valence-corrected chi connectivity index (χ0v) is 11.5. The topological polar surface area (TPSA) is 62.3 Å². The summed E-state index contributed by atoms with van der Waals surface area (Å²) in [5, 5.41) is 4.17. The van der Waals surface area contributed by atoms with E-state index in [1.807, 2.05) is 31.3 Å². The van der Waals surface area contributed by atoms with Crippen molar-refractivity contribution in [3.63, 3.8) is 0 Å². The Bertz CT molecular complexity index is 551. The van der Waals surface area contributed by atoms with Gasteiger partial charge in [0, 0.05) is 7.05 Å². The first-order valence-electron chi connectivity index (χ1n) is 6.10. The molecule has 2 rings (SSSR count). The van der Waals surface area contributed by atoms with Crippen molar-refractivity contribution >= 4 is 0 Å². The Morgan fingerprint density at radius 3 is 2.79 bits per heavy atom. The molecule has 0 aliphatic rings. The van der Waals surface area contributed by atoms with Gasteiger partial charge in [-0.25, -0.2) is 0 Å². The van der Waals surface area contributed by atoms with Crippen LogP contribution in [0.5, 0.6) is 11.5 Å². The molecular weight excluding hydrogens is 242 g/mol. The van der Waals surface area contributed by atoms with Crippen molar-refractivity contribution in [2.45, 2.75) is 12.5 Å². The minimum absolute atomic E-state index is 0.172. The van der Waals surface area contributed by atoms with Gasteiger partial charge in [0.15, 0.2) is 5.75 Å². The molecule has 0 aliphatic carbocycles. The molecule has 1 aromatic heterocycles. The van der Waals surface area contributed by atoms with E-state index in [1.54, 1.807) is 25.1 Å². The lowest BCUT2D eigenvalue weighted by Gasteiger charge is -2.14. The highest BCUT2D eigenvalue weighted by Crippen LogP contribution is 2.26. The molecule has 1 heterocycles. The van der Waals surface area contributed by atoms with Crippen molar-refractivity contribution < 1.29 is 9.47 Å². The number of nitrogens with two attached hydrogens (primary N) is 1. The van der Waals surface area contributed by atoms with Gasteiger partial charge < -0.3 is 15.2 Å². The van der Waals surface area contributed by atoms with E-state index in [-0.39, 0.29) is 6.04 Å². The zero-order valence-electron chi connectivity index (χ0n) is 11.5. The molecule has 5 nitrogen and oxygen atoms in total. The van der Waals surface area contributed by atoms with Gasteiger partial charge in [-0.05, 0) is 24.1 Å². The highest BCUT2D eigenvalue weighted by Gasteiger charge is 2.17. The van der Waals surface area contributed by atoms with Gasteiger partial charge in [-0.1, -0.05) is 12.1 Å². The van der Waals surface area contributed by atoms with Crippen molar-refractivity contribution in [3.05, 3.63) is 41.7 Å². The van der Waals surface area contributed by atoms with E-state index in [0.717, 1.165) is 22.8 Å². The molecule has 0 spiro atoms. The lowest BCUT2D eigenvalue weighted by atomic mass is 10.0. The van der Waals surface area contributed by atoms with Crippen LogP contribution in [0.4, 0.5) is 0 Å². The summed E-state index contributed by atoms with van der Waals surface area (Å²) in [4.78, 5) is 0. The van der Waals surface area contributed by atoms with Crippen LogP contribution < -0.4 is 15.2 Å². The summed E-state index contributed by atoms with van der Waals surface area (Å²) in [6, 6.07) is 7.73. The van der Waals surface area contributed by atoms with Gasteiger partial charge in [-0.15, -0.1) is 0 Å². The monoisotopic (exact) mass is 261 g/mol. The Hall–Kier alpha value is -2.01. The Balaban J connectivity index is 2.20. The minimum atomic E-state index is -0.172. The molecule has 0 saturated heterocycles. The number of hydrogen-bond acceptors (Lipinski definition) is 4. The van der Waals surface area contributed by atoms with E-state index < -0.39 is 0 Å². The van der Waals surface area contributed by atoms with Crippen LogP contribution in [0.3, 0.4) is 0 Å². The molecule has 1 unspecified atom stereocenters. The number of benzene rings is 1. The van der Waals surface area contributed by atoms with Crippen LogP contribution >= 0.6 is 0 Å². The molecule has 102 valence electrons. The molecule has 0 radical (unpaired) electrons. The summed E-state index contributed by atoms with van der Waals surface area (Å²) in [6.45, 7) is 0. The van der Waals surface area contributed by atoms with E-state index >= 15 is 0 Å². The number of aromatic nitrogens is 2. The normalized spacial score (nSPS) is 12.2. The quantitative estimate of drug-likeness (QED) is 0.889. The molecule has 5 heteroatoms. The Labute approximate surface area is 112 Å². The molecule has 19 heavy (non-hydrogen) atoms. The third kappa shape index (κ3) is 2.88. The van der Waals surface area contributed by atoms with Gasteiger partial charge in [-0.3, -0.25) is 4.68 Å². The minimum Gasteiger partial charge on any atom is -0.497 e. The van der Waals surface area contributed by atoms with E-state index in [9.17, 15) is 0 Å². The van der Waals surface area contributed by atoms with E-state index in [2.05, 4.69) is 5.10 Å². The second-order valence-electron chi connectivity index (χ2n) is 4.38. The molecule has 2 N–H and O–H groups in total. The molecule has 1 atom stereocenters. The third-order valence-electron chi connectivity index (χ3n) is 3.11. The summed E-state index contributed by atoms with van der Waals surface area (Å²) in [5.74, 6) is 1.56. The van der Waals surface area contributed by atoms with Crippen LogP contribution in [-0.4, -0.2) is 24.0 Å². The van der Waals surface area contributed by atoms with Crippen LogP contribution in [0.15, 0.2) is 30.5 Å². The van der Waals surface area contributed by atoms with Crippen molar-refractivity contribution in [1.82, 2.24) is 9.78 Å². The summed E-state index contributed by atoms with van der Waals surface area (Å²) in [5.41, 5.74) is 8.27. The van der Waals surface area contributed by atoms with E-state index in [0.29, 0.717) is 6.42 Å². The molecule has 2 aromatic rings. The summed E-state index contributed by atoms with van der Waals surface area (Å²) >= 11 is 0. The maximum absolute atomic E-state index is 6.26. The summed E-state index contributed by atoms with van der Waals surface area (Å²) in [7, 11) is 5.14. The molecule has 0 bridgehead atoms. The fourth-order valence-electron chi connectivity index (χ4n) is 2.16. The predicted octanol–water partition coefficient (Wildman–Crippen LogP) is 1.68. The first kappa shape index (κ1) is 13.4. The van der Waals surface area contributed by atoms with Gasteiger partial charge in [0.2, 0.25) is 0 Å². The second-order valence-corrected chi connectivity index (χ2v) is 4.38. The average molecular weight is 261 g/mol. The zero-order chi connectivity index (χ0) is 13.8. The molecule has 0 amide bonds. The molecule has 1 aromatic carbocycles. The van der Waals surface area contributed by atoms with Gasteiger partial charge in [-0.2, -0.15) is 5.10 Å². The fourth-order valence-corrected chi connectivity index (χ4v) is 2.16. The number of aryl methyl sites for hydroxylation is 1. The lowest BCUT2D eigenvalue weighted by molar-refractivity contribution is 0.402. The van der Waals surface area contributed by atoms with Crippen molar-refractivity contribution in [2.75, 3.05) is 14.2 Å². The van der Waals surface area contributed by atoms with Gasteiger partial charge in [0.25, 0.3) is 0 Å². The first-order valence-corrected chi connectivity index (χ1v) is 6.10. The predicted molar refractivity (Wildman–Crippen MR) is 73.4 cm³/mol. The van der Waals surface area contributed by atoms with Crippen LogP contribution in [0.25, 0.3) is 0 Å². The van der Waals surface area contributed by atoms with Crippen LogP contribution in [0, 0.1) is 0 Å². The van der Waals surface area contributed by atoms with Gasteiger partial charge in [0.05, 0.1) is 32.2 Å². The number of ether oxygens (including phenoxy) is 2.